The third-order valence-corrected chi connectivity index (χ3v) is 1.59. The Morgan fingerprint density at radius 1 is 0.933 bits per heavy atom. The fourth-order valence-corrected chi connectivity index (χ4v) is 1.03. The molecule has 0 unspecified atom stereocenters. The van der Waals surface area contributed by atoms with Gasteiger partial charge >= 0.3 is 0 Å². The molecule has 0 bridgehead atoms. The standard InChI is InChI=1S/C10H8N2.CHNS/c1-3-7-11-9(5-1)10-6-2-4-8-12-10;2-1-3/h1-8H;3H. The lowest BCUT2D eigenvalue weighted by Gasteiger charge is -1.96. The summed E-state index contributed by atoms with van der Waals surface area (Å²) in [5.74, 6) is 0. The number of hydrogen-bond acceptors (Lipinski definition) is 4. The lowest BCUT2D eigenvalue weighted by molar-refractivity contribution is 1.25. The summed E-state index contributed by atoms with van der Waals surface area (Å²) in [4.78, 5) is 8.37. The van der Waals surface area contributed by atoms with Gasteiger partial charge in [0.05, 0.1) is 11.4 Å². The predicted molar refractivity (Wildman–Crippen MR) is 62.1 cm³/mol. The Labute approximate surface area is 93.8 Å². The first-order valence-electron chi connectivity index (χ1n) is 4.24. The van der Waals surface area contributed by atoms with E-state index in [0.717, 1.165) is 11.4 Å². The third kappa shape index (κ3) is 3.79. The highest BCUT2D eigenvalue weighted by atomic mass is 32.1. The molecule has 0 saturated heterocycles. The average Bonchev–Trinajstić information content (AvgIpc) is 2.32. The number of nitriles is 1. The Bertz CT molecular complexity index is 385. The topological polar surface area (TPSA) is 49.6 Å². The van der Waals surface area contributed by atoms with Crippen molar-refractivity contribution in [2.24, 2.45) is 0 Å². The zero-order chi connectivity index (χ0) is 10.9. The minimum absolute atomic E-state index is 0.915. The fourth-order valence-electron chi connectivity index (χ4n) is 1.03. The largest absolute Gasteiger partial charge is 0.255 e. The molecule has 0 amide bonds. The minimum Gasteiger partial charge on any atom is -0.255 e. The highest BCUT2D eigenvalue weighted by Gasteiger charge is 1.95. The minimum atomic E-state index is 0.915. The molecular weight excluding hydrogens is 206 g/mol. The van der Waals surface area contributed by atoms with Crippen molar-refractivity contribution in [3.63, 3.8) is 0 Å². The van der Waals surface area contributed by atoms with Crippen molar-refractivity contribution in [2.45, 2.75) is 0 Å². The fraction of sp³-hybridized carbons (Fsp3) is 0. The lowest BCUT2D eigenvalue weighted by atomic mass is 10.2. The highest BCUT2D eigenvalue weighted by molar-refractivity contribution is 7.85. The first kappa shape index (κ1) is 11.2. The second-order valence-corrected chi connectivity index (χ2v) is 2.73. The molecule has 4 heteroatoms. The van der Waals surface area contributed by atoms with Crippen molar-refractivity contribution >= 4 is 12.6 Å². The van der Waals surface area contributed by atoms with Crippen molar-refractivity contribution in [3.8, 4) is 16.8 Å². The van der Waals surface area contributed by atoms with Gasteiger partial charge in [0.2, 0.25) is 0 Å². The molecule has 3 nitrogen and oxygen atoms in total. The average molecular weight is 215 g/mol. The van der Waals surface area contributed by atoms with E-state index in [4.69, 9.17) is 5.26 Å². The zero-order valence-corrected chi connectivity index (χ0v) is 8.80. The number of thiol groups is 1. The summed E-state index contributed by atoms with van der Waals surface area (Å²) in [6, 6.07) is 11.6. The van der Waals surface area contributed by atoms with Gasteiger partial charge in [0.25, 0.3) is 0 Å². The first-order chi connectivity index (χ1) is 7.38. The highest BCUT2D eigenvalue weighted by Crippen LogP contribution is 2.10. The Morgan fingerprint density at radius 3 is 1.60 bits per heavy atom. The van der Waals surface area contributed by atoms with Crippen molar-refractivity contribution < 1.29 is 0 Å². The molecule has 2 heterocycles. The van der Waals surface area contributed by atoms with E-state index in [9.17, 15) is 0 Å². The maximum atomic E-state index is 7.18. The molecule has 0 N–H and O–H groups in total. The molecule has 0 aliphatic heterocycles. The van der Waals surface area contributed by atoms with Crippen LogP contribution in [0.4, 0.5) is 0 Å². The van der Waals surface area contributed by atoms with Gasteiger partial charge in [0.15, 0.2) is 0 Å². The number of aromatic nitrogens is 2. The lowest BCUT2D eigenvalue weighted by Crippen LogP contribution is -1.83. The van der Waals surface area contributed by atoms with Gasteiger partial charge in [-0.05, 0) is 24.3 Å². The molecule has 74 valence electrons. The van der Waals surface area contributed by atoms with Crippen molar-refractivity contribution in [1.82, 2.24) is 9.97 Å². The van der Waals surface area contributed by atoms with Gasteiger partial charge < -0.3 is 0 Å². The van der Waals surface area contributed by atoms with E-state index in [1.54, 1.807) is 12.4 Å². The summed E-state index contributed by atoms with van der Waals surface area (Å²) in [5.41, 5.74) is 1.83. The van der Waals surface area contributed by atoms with Gasteiger partial charge in [0, 0.05) is 12.4 Å². The van der Waals surface area contributed by atoms with Gasteiger partial charge in [-0.2, -0.15) is 5.26 Å². The smallest absolute Gasteiger partial charge is 0.130 e. The van der Waals surface area contributed by atoms with Crippen LogP contribution < -0.4 is 0 Å². The molecule has 2 aromatic heterocycles. The molecular formula is C11H9N3S. The van der Waals surface area contributed by atoms with Gasteiger partial charge in [-0.1, -0.05) is 24.8 Å². The maximum Gasteiger partial charge on any atom is 0.130 e. The van der Waals surface area contributed by atoms with Crippen molar-refractivity contribution in [3.05, 3.63) is 48.8 Å². The Morgan fingerprint density at radius 2 is 1.33 bits per heavy atom. The van der Waals surface area contributed by atoms with Crippen LogP contribution in [0.25, 0.3) is 11.4 Å². The van der Waals surface area contributed by atoms with Gasteiger partial charge in [-0.3, -0.25) is 9.97 Å². The van der Waals surface area contributed by atoms with Gasteiger partial charge in [-0.25, -0.2) is 0 Å². The third-order valence-electron chi connectivity index (χ3n) is 1.59. The van der Waals surface area contributed by atoms with Crippen LogP contribution in [0.1, 0.15) is 0 Å². The van der Waals surface area contributed by atoms with Crippen LogP contribution in [-0.2, 0) is 0 Å². The van der Waals surface area contributed by atoms with Crippen LogP contribution in [0, 0.1) is 10.7 Å². The summed E-state index contributed by atoms with van der Waals surface area (Å²) in [6.45, 7) is 0. The molecule has 0 aromatic carbocycles. The number of thiocyanates is 1. The molecule has 0 fully saturated rings. The zero-order valence-electron chi connectivity index (χ0n) is 7.91. The molecule has 0 atom stereocenters. The van der Waals surface area contributed by atoms with E-state index < -0.39 is 0 Å². The normalized spacial score (nSPS) is 8.27. The second-order valence-electron chi connectivity index (χ2n) is 2.53. The molecule has 15 heavy (non-hydrogen) atoms. The number of hydrogen-bond donors (Lipinski definition) is 1. The molecule has 2 aromatic rings. The van der Waals surface area contributed by atoms with Crippen LogP contribution in [-0.4, -0.2) is 9.97 Å². The molecule has 0 aliphatic rings. The Hall–Kier alpha value is -1.86. The SMILES string of the molecule is N#CS.c1ccc(-c2ccccn2)nc1. The van der Waals surface area contributed by atoms with Crippen LogP contribution in [0.2, 0.25) is 0 Å². The van der Waals surface area contributed by atoms with Crippen molar-refractivity contribution in [1.29, 1.82) is 5.26 Å². The quantitative estimate of drug-likeness (QED) is 0.587. The van der Waals surface area contributed by atoms with E-state index >= 15 is 0 Å². The van der Waals surface area contributed by atoms with Gasteiger partial charge in [0.1, 0.15) is 5.40 Å². The van der Waals surface area contributed by atoms with E-state index in [0.29, 0.717) is 0 Å². The van der Waals surface area contributed by atoms with Crippen LogP contribution >= 0.6 is 12.6 Å². The molecule has 0 saturated carbocycles. The summed E-state index contributed by atoms with van der Waals surface area (Å²) < 4.78 is 0. The maximum absolute atomic E-state index is 7.18. The first-order valence-corrected chi connectivity index (χ1v) is 4.69. The summed E-state index contributed by atoms with van der Waals surface area (Å²) in [5, 5.41) is 8.63. The van der Waals surface area contributed by atoms with Crippen LogP contribution in [0.3, 0.4) is 0 Å². The second kappa shape index (κ2) is 6.57. The number of nitrogens with zero attached hydrogens (tertiary/aromatic N) is 3. The van der Waals surface area contributed by atoms with E-state index in [1.165, 1.54) is 5.40 Å². The monoisotopic (exact) mass is 215 g/mol. The van der Waals surface area contributed by atoms with E-state index in [1.807, 2.05) is 36.4 Å². The predicted octanol–water partition coefficient (Wildman–Crippen LogP) is 2.54. The van der Waals surface area contributed by atoms with Gasteiger partial charge in [-0.15, -0.1) is 0 Å². The van der Waals surface area contributed by atoms with Crippen molar-refractivity contribution in [2.75, 3.05) is 0 Å². The molecule has 2 rings (SSSR count). The Balaban J connectivity index is 0.000000337. The molecule has 0 aliphatic carbocycles. The molecule has 0 spiro atoms. The summed E-state index contributed by atoms with van der Waals surface area (Å²) in [7, 11) is 0. The van der Waals surface area contributed by atoms with Crippen LogP contribution in [0.5, 0.6) is 0 Å². The summed E-state index contributed by atoms with van der Waals surface area (Å²) in [6.07, 6.45) is 3.54. The number of pyridine rings is 2. The number of rotatable bonds is 1. The summed E-state index contributed by atoms with van der Waals surface area (Å²) >= 11 is 3.09. The Kier molecular flexibility index (Phi) is 4.91. The van der Waals surface area contributed by atoms with E-state index in [2.05, 4.69) is 22.6 Å². The molecule has 0 radical (unpaired) electrons. The van der Waals surface area contributed by atoms with Crippen LogP contribution in [0.15, 0.2) is 48.8 Å². The van der Waals surface area contributed by atoms with E-state index in [-0.39, 0.29) is 0 Å².